The molecule has 2 rings (SSSR count). The third-order valence-electron chi connectivity index (χ3n) is 2.04. The molecule has 1 nitrogen and oxygen atoms in total. The minimum absolute atomic E-state index is 0.757. The average Bonchev–Trinajstić information content (AvgIpc) is 2.56. The molecule has 2 aromatic rings. The highest BCUT2D eigenvalue weighted by Gasteiger charge is 2.00. The van der Waals surface area contributed by atoms with Crippen molar-refractivity contribution in [1.29, 1.82) is 0 Å². The van der Waals surface area contributed by atoms with E-state index >= 15 is 0 Å². The van der Waals surface area contributed by atoms with Gasteiger partial charge < -0.3 is 0 Å². The molecule has 0 atom stereocenters. The molecule has 0 N–H and O–H groups in total. The van der Waals surface area contributed by atoms with Gasteiger partial charge in [-0.25, -0.2) is 0 Å². The fraction of sp³-hybridized carbons (Fsp3) is 0.182. The van der Waals surface area contributed by atoms with E-state index in [4.69, 9.17) is 11.6 Å². The lowest BCUT2D eigenvalue weighted by atomic mass is 10.1. The van der Waals surface area contributed by atoms with E-state index < -0.39 is 0 Å². The van der Waals surface area contributed by atoms with Crippen LogP contribution >= 0.6 is 23.1 Å². The maximum absolute atomic E-state index is 5.81. The minimum atomic E-state index is 0.757. The van der Waals surface area contributed by atoms with Crippen LogP contribution in [0.15, 0.2) is 30.3 Å². The first-order chi connectivity index (χ1) is 6.74. The van der Waals surface area contributed by atoms with Crippen LogP contribution in [0.4, 0.5) is 0 Å². The first-order valence-electron chi connectivity index (χ1n) is 4.41. The molecule has 72 valence electrons. The molecule has 0 amide bonds. The Balaban J connectivity index is 2.15. The molecule has 3 heteroatoms. The second-order valence-corrected chi connectivity index (χ2v) is 4.72. The molecule has 14 heavy (non-hydrogen) atoms. The first kappa shape index (κ1) is 9.69. The molecule has 0 bridgehead atoms. The normalized spacial score (nSPS) is 10.4. The standard InChI is InChI=1S/C11H10ClNS/c1-8-2-4-9(5-3-8)6-10-7-11(12)14-13-10/h2-5,7H,6H2,1H3. The van der Waals surface area contributed by atoms with Crippen LogP contribution < -0.4 is 0 Å². The zero-order valence-corrected chi connectivity index (χ0v) is 9.40. The van der Waals surface area contributed by atoms with Gasteiger partial charge in [0, 0.05) is 6.42 Å². The van der Waals surface area contributed by atoms with Gasteiger partial charge >= 0.3 is 0 Å². The molecule has 0 spiro atoms. The van der Waals surface area contributed by atoms with Crippen molar-refractivity contribution < 1.29 is 0 Å². The molecule has 1 aromatic heterocycles. The van der Waals surface area contributed by atoms with Gasteiger partial charge in [-0.15, -0.1) is 0 Å². The van der Waals surface area contributed by atoms with Crippen molar-refractivity contribution in [2.24, 2.45) is 0 Å². The van der Waals surface area contributed by atoms with Crippen molar-refractivity contribution in [2.45, 2.75) is 13.3 Å². The Morgan fingerprint density at radius 2 is 2.00 bits per heavy atom. The van der Waals surface area contributed by atoms with Gasteiger partial charge in [0.15, 0.2) is 0 Å². The Kier molecular flexibility index (Phi) is 2.85. The van der Waals surface area contributed by atoms with Crippen molar-refractivity contribution in [3.8, 4) is 0 Å². The lowest BCUT2D eigenvalue weighted by Crippen LogP contribution is -1.87. The van der Waals surface area contributed by atoms with Crippen molar-refractivity contribution in [3.63, 3.8) is 0 Å². The summed E-state index contributed by atoms with van der Waals surface area (Å²) < 4.78 is 5.00. The number of hydrogen-bond donors (Lipinski definition) is 0. The number of rotatable bonds is 2. The number of benzene rings is 1. The molecule has 0 aliphatic carbocycles. The maximum Gasteiger partial charge on any atom is 0.114 e. The Labute approximate surface area is 92.5 Å². The third-order valence-corrected chi connectivity index (χ3v) is 2.97. The van der Waals surface area contributed by atoms with Gasteiger partial charge in [-0.05, 0) is 30.1 Å². The molecule has 0 unspecified atom stereocenters. The molecule has 0 aliphatic heterocycles. The van der Waals surface area contributed by atoms with Gasteiger partial charge in [0.05, 0.1) is 5.69 Å². The van der Waals surface area contributed by atoms with Crippen molar-refractivity contribution >= 4 is 23.1 Å². The van der Waals surface area contributed by atoms with Crippen LogP contribution in [-0.4, -0.2) is 4.37 Å². The summed E-state index contributed by atoms with van der Waals surface area (Å²) in [5.74, 6) is 0. The van der Waals surface area contributed by atoms with E-state index in [2.05, 4.69) is 35.6 Å². The molecule has 1 heterocycles. The predicted molar refractivity (Wildman–Crippen MR) is 61.1 cm³/mol. The number of hydrogen-bond acceptors (Lipinski definition) is 2. The number of nitrogens with zero attached hydrogens (tertiary/aromatic N) is 1. The van der Waals surface area contributed by atoms with Crippen LogP contribution in [0, 0.1) is 6.92 Å². The molecule has 0 fully saturated rings. The maximum atomic E-state index is 5.81. The molecular formula is C11H10ClNS. The summed E-state index contributed by atoms with van der Waals surface area (Å²) in [6.07, 6.45) is 0.865. The van der Waals surface area contributed by atoms with E-state index in [1.165, 1.54) is 22.7 Å². The van der Waals surface area contributed by atoms with E-state index in [0.717, 1.165) is 16.5 Å². The fourth-order valence-electron chi connectivity index (χ4n) is 1.28. The van der Waals surface area contributed by atoms with Crippen LogP contribution in [0.3, 0.4) is 0 Å². The van der Waals surface area contributed by atoms with E-state index in [-0.39, 0.29) is 0 Å². The summed E-state index contributed by atoms with van der Waals surface area (Å²) >= 11 is 7.15. The molecule has 0 saturated carbocycles. The third kappa shape index (κ3) is 2.34. The summed E-state index contributed by atoms with van der Waals surface area (Å²) in [5, 5.41) is 0. The molecule has 0 aliphatic rings. The predicted octanol–water partition coefficient (Wildman–Crippen LogP) is 3.70. The Morgan fingerprint density at radius 1 is 1.29 bits per heavy atom. The lowest BCUT2D eigenvalue weighted by Gasteiger charge is -1.98. The summed E-state index contributed by atoms with van der Waals surface area (Å²) in [7, 11) is 0. The average molecular weight is 224 g/mol. The number of halogens is 1. The summed E-state index contributed by atoms with van der Waals surface area (Å²) in [6.45, 7) is 2.09. The minimum Gasteiger partial charge on any atom is -0.196 e. The van der Waals surface area contributed by atoms with Crippen LogP contribution in [0.25, 0.3) is 0 Å². The van der Waals surface area contributed by atoms with Gasteiger partial charge in [-0.2, -0.15) is 4.37 Å². The lowest BCUT2D eigenvalue weighted by molar-refractivity contribution is 1.13. The SMILES string of the molecule is Cc1ccc(Cc2cc(Cl)sn2)cc1. The van der Waals surface area contributed by atoms with Crippen molar-refractivity contribution in [1.82, 2.24) is 4.37 Å². The Bertz CT molecular complexity index is 419. The Morgan fingerprint density at radius 3 is 2.57 bits per heavy atom. The smallest absolute Gasteiger partial charge is 0.114 e. The quantitative estimate of drug-likeness (QED) is 0.757. The van der Waals surface area contributed by atoms with E-state index in [1.807, 2.05) is 6.07 Å². The second kappa shape index (κ2) is 4.11. The zero-order valence-electron chi connectivity index (χ0n) is 7.83. The second-order valence-electron chi connectivity index (χ2n) is 3.28. The number of aryl methyl sites for hydroxylation is 1. The van der Waals surface area contributed by atoms with E-state index in [9.17, 15) is 0 Å². The van der Waals surface area contributed by atoms with Gasteiger partial charge in [0.1, 0.15) is 4.34 Å². The highest BCUT2D eigenvalue weighted by Crippen LogP contribution is 2.18. The molecule has 0 radical (unpaired) electrons. The summed E-state index contributed by atoms with van der Waals surface area (Å²) in [6, 6.07) is 10.4. The van der Waals surface area contributed by atoms with Crippen LogP contribution in [0.1, 0.15) is 16.8 Å². The summed E-state index contributed by atoms with van der Waals surface area (Å²) in [5.41, 5.74) is 3.60. The fourth-order valence-corrected chi connectivity index (χ4v) is 2.02. The summed E-state index contributed by atoms with van der Waals surface area (Å²) in [4.78, 5) is 0. The molecule has 1 aromatic carbocycles. The highest BCUT2D eigenvalue weighted by molar-refractivity contribution is 7.10. The van der Waals surface area contributed by atoms with Gasteiger partial charge in [-0.3, -0.25) is 0 Å². The van der Waals surface area contributed by atoms with Gasteiger partial charge in [0.25, 0.3) is 0 Å². The van der Waals surface area contributed by atoms with Gasteiger partial charge in [0.2, 0.25) is 0 Å². The van der Waals surface area contributed by atoms with Crippen molar-refractivity contribution in [2.75, 3.05) is 0 Å². The first-order valence-corrected chi connectivity index (χ1v) is 5.56. The number of aromatic nitrogens is 1. The molecular weight excluding hydrogens is 214 g/mol. The van der Waals surface area contributed by atoms with Crippen LogP contribution in [-0.2, 0) is 6.42 Å². The van der Waals surface area contributed by atoms with E-state index in [0.29, 0.717) is 0 Å². The Hall–Kier alpha value is -0.860. The van der Waals surface area contributed by atoms with Crippen molar-refractivity contribution in [3.05, 3.63) is 51.5 Å². The van der Waals surface area contributed by atoms with Crippen LogP contribution in [0.2, 0.25) is 4.34 Å². The molecule has 0 saturated heterocycles. The highest BCUT2D eigenvalue weighted by atomic mass is 35.5. The zero-order chi connectivity index (χ0) is 9.97. The van der Waals surface area contributed by atoms with Crippen LogP contribution in [0.5, 0.6) is 0 Å². The van der Waals surface area contributed by atoms with Gasteiger partial charge in [-0.1, -0.05) is 41.4 Å². The largest absolute Gasteiger partial charge is 0.196 e. The topological polar surface area (TPSA) is 12.9 Å². The monoisotopic (exact) mass is 223 g/mol. The van der Waals surface area contributed by atoms with E-state index in [1.54, 1.807) is 0 Å².